The van der Waals surface area contributed by atoms with Crippen LogP contribution in [0.2, 0.25) is 5.02 Å². The molecule has 33 heavy (non-hydrogen) atoms. The third kappa shape index (κ3) is 4.41. The maximum atomic E-state index is 15.2. The van der Waals surface area contributed by atoms with Crippen LogP contribution < -0.4 is 0 Å². The molecular formula is C23H19BrClF2N3O2S. The molecule has 2 aromatic heterocycles. The maximum Gasteiger partial charge on any atom is 0.341 e. The van der Waals surface area contributed by atoms with Crippen molar-refractivity contribution >= 4 is 56.2 Å². The van der Waals surface area contributed by atoms with Crippen LogP contribution in [0.4, 0.5) is 8.78 Å². The van der Waals surface area contributed by atoms with Crippen LogP contribution in [0.15, 0.2) is 57.1 Å². The number of halogens is 4. The van der Waals surface area contributed by atoms with Crippen LogP contribution in [-0.2, 0) is 11.3 Å². The standard InChI is InChI=1S/C23H19BrClF2N3O2S/c1-3-10-29-12-13(11-28-29)30-20-15(8-9-16(25)19(20)27)21(22(30)24)33-17-7-5-6-14(18(17)26)23(31)32-4-2/h5-9,11-12H,3-4,10H2,1-2H3. The molecule has 0 aliphatic carbocycles. The van der Waals surface area contributed by atoms with Crippen molar-refractivity contribution in [2.75, 3.05) is 6.61 Å². The highest BCUT2D eigenvalue weighted by Crippen LogP contribution is 2.45. The number of nitrogens with zero attached hydrogens (tertiary/aromatic N) is 3. The molecule has 0 saturated carbocycles. The maximum absolute atomic E-state index is 15.2. The Morgan fingerprint density at radius 3 is 2.73 bits per heavy atom. The number of benzene rings is 2. The summed E-state index contributed by atoms with van der Waals surface area (Å²) in [5.74, 6) is -2.02. The fraction of sp³-hybridized carbons (Fsp3) is 0.217. The van der Waals surface area contributed by atoms with E-state index in [9.17, 15) is 4.79 Å². The molecule has 0 N–H and O–H groups in total. The molecule has 0 aliphatic heterocycles. The normalized spacial score (nSPS) is 11.3. The van der Waals surface area contributed by atoms with Gasteiger partial charge < -0.3 is 4.74 Å². The molecule has 0 atom stereocenters. The van der Waals surface area contributed by atoms with Crippen molar-refractivity contribution < 1.29 is 18.3 Å². The second-order valence-corrected chi connectivity index (χ2v) is 9.33. The molecule has 0 bridgehead atoms. The Bertz CT molecular complexity index is 1360. The first-order valence-corrected chi connectivity index (χ1v) is 12.2. The zero-order chi connectivity index (χ0) is 23.7. The molecule has 0 unspecified atom stereocenters. The van der Waals surface area contributed by atoms with E-state index in [1.807, 2.05) is 13.1 Å². The fourth-order valence-corrected chi connectivity index (χ4v) is 5.48. The summed E-state index contributed by atoms with van der Waals surface area (Å²) in [6, 6.07) is 7.66. The van der Waals surface area contributed by atoms with Gasteiger partial charge in [0.25, 0.3) is 0 Å². The molecule has 0 amide bonds. The predicted molar refractivity (Wildman–Crippen MR) is 128 cm³/mol. The minimum Gasteiger partial charge on any atom is -0.462 e. The third-order valence-corrected chi connectivity index (χ3v) is 7.38. The van der Waals surface area contributed by atoms with Crippen molar-refractivity contribution in [1.82, 2.24) is 14.3 Å². The number of ether oxygens (including phenoxy) is 1. The number of carbonyl (C=O) groups is 1. The van der Waals surface area contributed by atoms with Gasteiger partial charge in [0.05, 0.1) is 39.5 Å². The summed E-state index contributed by atoms with van der Waals surface area (Å²) in [7, 11) is 0. The van der Waals surface area contributed by atoms with Gasteiger partial charge in [-0.15, -0.1) is 0 Å². The number of aromatic nitrogens is 3. The van der Waals surface area contributed by atoms with E-state index in [4.69, 9.17) is 16.3 Å². The number of carbonyl (C=O) groups excluding carboxylic acids is 1. The Morgan fingerprint density at radius 2 is 2.00 bits per heavy atom. The van der Waals surface area contributed by atoms with Crippen molar-refractivity contribution in [2.24, 2.45) is 0 Å². The first kappa shape index (κ1) is 23.8. The largest absolute Gasteiger partial charge is 0.462 e. The third-order valence-electron chi connectivity index (χ3n) is 4.92. The molecule has 0 fully saturated rings. The second kappa shape index (κ2) is 9.87. The Kier molecular flexibility index (Phi) is 7.11. The number of aryl methyl sites for hydroxylation is 1. The van der Waals surface area contributed by atoms with E-state index in [2.05, 4.69) is 21.0 Å². The molecule has 5 nitrogen and oxygen atoms in total. The molecule has 4 rings (SSSR count). The minimum atomic E-state index is -0.736. The lowest BCUT2D eigenvalue weighted by Gasteiger charge is -2.08. The van der Waals surface area contributed by atoms with Crippen molar-refractivity contribution in [1.29, 1.82) is 0 Å². The summed E-state index contributed by atoms with van der Waals surface area (Å²) in [6.45, 7) is 4.55. The van der Waals surface area contributed by atoms with E-state index in [-0.39, 0.29) is 27.6 Å². The topological polar surface area (TPSA) is 49.0 Å². The van der Waals surface area contributed by atoms with Gasteiger partial charge in [-0.1, -0.05) is 36.4 Å². The SMILES string of the molecule is CCCn1cc(-n2c(Br)c(Sc3cccc(C(=O)OCC)c3F)c3ccc(Cl)c(F)c32)cn1. The molecular weight excluding hydrogens is 536 g/mol. The smallest absolute Gasteiger partial charge is 0.341 e. The lowest BCUT2D eigenvalue weighted by molar-refractivity contribution is 0.0520. The van der Waals surface area contributed by atoms with Crippen LogP contribution in [0.1, 0.15) is 30.6 Å². The monoisotopic (exact) mass is 553 g/mol. The van der Waals surface area contributed by atoms with Crippen LogP contribution in [0.25, 0.3) is 16.6 Å². The Labute approximate surface area is 206 Å². The van der Waals surface area contributed by atoms with E-state index in [0.717, 1.165) is 18.2 Å². The lowest BCUT2D eigenvalue weighted by Crippen LogP contribution is -2.07. The molecule has 0 saturated heterocycles. The summed E-state index contributed by atoms with van der Waals surface area (Å²) < 4.78 is 39.3. The zero-order valence-electron chi connectivity index (χ0n) is 17.7. The van der Waals surface area contributed by atoms with Crippen LogP contribution in [0, 0.1) is 11.6 Å². The number of esters is 1. The van der Waals surface area contributed by atoms with Crippen molar-refractivity contribution in [2.45, 2.75) is 36.6 Å². The number of hydrogen-bond acceptors (Lipinski definition) is 4. The average Bonchev–Trinajstić information content (AvgIpc) is 3.35. The molecule has 2 aromatic carbocycles. The fourth-order valence-electron chi connectivity index (χ4n) is 3.48. The van der Waals surface area contributed by atoms with Crippen molar-refractivity contribution in [3.8, 4) is 5.69 Å². The van der Waals surface area contributed by atoms with Gasteiger partial charge in [0.15, 0.2) is 11.6 Å². The highest BCUT2D eigenvalue weighted by molar-refractivity contribution is 9.10. The first-order valence-electron chi connectivity index (χ1n) is 10.2. The summed E-state index contributed by atoms with van der Waals surface area (Å²) >= 11 is 10.7. The number of fused-ring (bicyclic) bond motifs is 1. The van der Waals surface area contributed by atoms with Gasteiger partial charge in [0, 0.05) is 23.0 Å². The van der Waals surface area contributed by atoms with Gasteiger partial charge in [-0.05, 0) is 53.5 Å². The van der Waals surface area contributed by atoms with Crippen molar-refractivity contribution in [3.05, 3.63) is 69.5 Å². The molecule has 0 aliphatic rings. The molecule has 10 heteroatoms. The second-order valence-electron chi connectivity index (χ2n) is 7.11. The summed E-state index contributed by atoms with van der Waals surface area (Å²) in [6.07, 6.45) is 4.34. The van der Waals surface area contributed by atoms with Gasteiger partial charge in [-0.25, -0.2) is 13.6 Å². The Balaban J connectivity index is 1.88. The highest BCUT2D eigenvalue weighted by atomic mass is 79.9. The van der Waals surface area contributed by atoms with E-state index in [1.54, 1.807) is 40.6 Å². The first-order chi connectivity index (χ1) is 15.9. The Hall–Kier alpha value is -2.36. The van der Waals surface area contributed by atoms with Crippen LogP contribution in [0.3, 0.4) is 0 Å². The summed E-state index contributed by atoms with van der Waals surface area (Å²) in [4.78, 5) is 12.9. The van der Waals surface area contributed by atoms with E-state index in [1.165, 1.54) is 12.1 Å². The quantitative estimate of drug-likeness (QED) is 0.226. The lowest BCUT2D eigenvalue weighted by atomic mass is 10.2. The summed E-state index contributed by atoms with van der Waals surface area (Å²) in [5, 5.41) is 4.85. The Morgan fingerprint density at radius 1 is 1.21 bits per heavy atom. The highest BCUT2D eigenvalue weighted by Gasteiger charge is 2.25. The van der Waals surface area contributed by atoms with Crippen LogP contribution >= 0.6 is 39.3 Å². The van der Waals surface area contributed by atoms with Crippen LogP contribution in [-0.4, -0.2) is 26.9 Å². The predicted octanol–water partition coefficient (Wildman–Crippen LogP) is 7.26. The minimum absolute atomic E-state index is 0.0262. The molecule has 0 radical (unpaired) electrons. The average molecular weight is 555 g/mol. The zero-order valence-corrected chi connectivity index (χ0v) is 20.9. The van der Waals surface area contributed by atoms with E-state index >= 15 is 8.78 Å². The molecule has 0 spiro atoms. The van der Waals surface area contributed by atoms with Gasteiger partial charge >= 0.3 is 5.97 Å². The van der Waals surface area contributed by atoms with Crippen LogP contribution in [0.5, 0.6) is 0 Å². The van der Waals surface area contributed by atoms with Gasteiger partial charge in [-0.3, -0.25) is 9.25 Å². The molecule has 172 valence electrons. The number of rotatable bonds is 7. The van der Waals surface area contributed by atoms with Gasteiger partial charge in [0.1, 0.15) is 4.60 Å². The van der Waals surface area contributed by atoms with Gasteiger partial charge in [0.2, 0.25) is 0 Å². The number of hydrogen-bond donors (Lipinski definition) is 0. The van der Waals surface area contributed by atoms with Crippen molar-refractivity contribution in [3.63, 3.8) is 0 Å². The van der Waals surface area contributed by atoms with E-state index in [0.29, 0.717) is 27.1 Å². The van der Waals surface area contributed by atoms with E-state index < -0.39 is 17.6 Å². The molecule has 4 aromatic rings. The summed E-state index contributed by atoms with van der Waals surface area (Å²) in [5.41, 5.74) is 0.723. The molecule has 2 heterocycles. The van der Waals surface area contributed by atoms with Gasteiger partial charge in [-0.2, -0.15) is 5.10 Å².